The van der Waals surface area contributed by atoms with Gasteiger partial charge in [0.25, 0.3) is 11.8 Å². The number of anilines is 1. The summed E-state index contributed by atoms with van der Waals surface area (Å²) in [5.41, 5.74) is 3.26. The summed E-state index contributed by atoms with van der Waals surface area (Å²) in [4.78, 5) is 23.5. The molecule has 3 aromatic rings. The van der Waals surface area contributed by atoms with Gasteiger partial charge >= 0.3 is 0 Å². The Balaban J connectivity index is 0. The van der Waals surface area contributed by atoms with Crippen molar-refractivity contribution in [1.29, 1.82) is 0 Å². The zero-order chi connectivity index (χ0) is 24.9. The van der Waals surface area contributed by atoms with E-state index in [2.05, 4.69) is 65.8 Å². The summed E-state index contributed by atoms with van der Waals surface area (Å²) in [6.07, 6.45) is 5.05. The summed E-state index contributed by atoms with van der Waals surface area (Å²) < 4.78 is 0. The lowest BCUT2D eigenvalue weighted by molar-refractivity contribution is -0.119. The van der Waals surface area contributed by atoms with E-state index in [0.29, 0.717) is 5.69 Å². The van der Waals surface area contributed by atoms with Crippen molar-refractivity contribution in [2.24, 2.45) is 0 Å². The summed E-state index contributed by atoms with van der Waals surface area (Å²) in [6, 6.07) is 29.4. The van der Waals surface area contributed by atoms with E-state index in [1.807, 2.05) is 42.5 Å². The van der Waals surface area contributed by atoms with Gasteiger partial charge in [0.2, 0.25) is 0 Å². The number of hydrogen-bond donors (Lipinski definition) is 0. The molecule has 0 atom stereocenters. The Morgan fingerprint density at radius 2 is 0.794 bits per heavy atom. The van der Waals surface area contributed by atoms with Gasteiger partial charge in [-0.25, -0.2) is 4.90 Å². The zero-order valence-electron chi connectivity index (χ0n) is 21.0. The Bertz CT molecular complexity index is 846. The number of rotatable bonds is 1. The van der Waals surface area contributed by atoms with Crippen LogP contribution in [0.1, 0.15) is 59.1 Å². The Labute approximate surface area is 208 Å². The van der Waals surface area contributed by atoms with Gasteiger partial charge in [0, 0.05) is 12.2 Å². The topological polar surface area (TPSA) is 37.4 Å². The maximum Gasteiger partial charge on any atom is 0.258 e. The lowest BCUT2D eigenvalue weighted by Crippen LogP contribution is -2.29. The molecule has 34 heavy (non-hydrogen) atoms. The van der Waals surface area contributed by atoms with Gasteiger partial charge in [-0.05, 0) is 26.0 Å². The van der Waals surface area contributed by atoms with Crippen LogP contribution in [0.3, 0.4) is 0 Å². The average molecular weight is 462 g/mol. The minimum atomic E-state index is -0.281. The Hall–Kier alpha value is -3.46. The van der Waals surface area contributed by atoms with Crippen LogP contribution in [0, 0.1) is 13.8 Å². The van der Waals surface area contributed by atoms with Crippen molar-refractivity contribution >= 4 is 17.5 Å². The third kappa shape index (κ3) is 15.4. The Morgan fingerprint density at radius 1 is 0.529 bits per heavy atom. The van der Waals surface area contributed by atoms with E-state index in [1.54, 1.807) is 24.3 Å². The molecule has 0 unspecified atom stereocenters. The third-order valence-corrected chi connectivity index (χ3v) is 3.70. The Kier molecular flexibility index (Phi) is 20.6. The molecular weight excluding hydrogens is 418 g/mol. The van der Waals surface area contributed by atoms with Crippen molar-refractivity contribution in [2.45, 2.75) is 61.8 Å². The monoisotopic (exact) mass is 461 g/mol. The van der Waals surface area contributed by atoms with Gasteiger partial charge in [-0.3, -0.25) is 9.59 Å². The van der Waals surface area contributed by atoms with E-state index in [0.717, 1.165) is 4.90 Å². The highest BCUT2D eigenvalue weighted by Crippen LogP contribution is 2.17. The van der Waals surface area contributed by atoms with Crippen LogP contribution in [0.25, 0.3) is 0 Å². The van der Waals surface area contributed by atoms with E-state index >= 15 is 0 Å². The number of para-hydroxylation sites is 1. The molecule has 3 nitrogen and oxygen atoms in total. The van der Waals surface area contributed by atoms with Gasteiger partial charge in [-0.1, -0.05) is 138 Å². The summed E-state index contributed by atoms with van der Waals surface area (Å²) in [6.45, 7) is 12.7. The fraction of sp³-hybridized carbons (Fsp3) is 0.290. The third-order valence-electron chi connectivity index (χ3n) is 3.70. The molecule has 0 aromatic heterocycles. The fourth-order valence-corrected chi connectivity index (χ4v) is 2.30. The maximum absolute atomic E-state index is 11.2. The van der Waals surface area contributed by atoms with E-state index < -0.39 is 0 Å². The van der Waals surface area contributed by atoms with Gasteiger partial charge in [-0.15, -0.1) is 0 Å². The van der Waals surface area contributed by atoms with Crippen LogP contribution in [-0.4, -0.2) is 11.8 Å². The highest BCUT2D eigenvalue weighted by Gasteiger charge is 2.24. The van der Waals surface area contributed by atoms with Crippen LogP contribution in [0.15, 0.2) is 103 Å². The number of carbonyl (C=O) groups excluding carboxylic acids is 2. The SMILES string of the molecule is C.CCC.CCC.Cc1ccccc1.Cc1ccccc1.O=C1C=CC(=O)N1c1ccccc1. The number of benzene rings is 3. The molecule has 0 N–H and O–H groups in total. The second kappa shape index (κ2) is 21.4. The van der Waals surface area contributed by atoms with Gasteiger partial charge in [0.15, 0.2) is 0 Å². The van der Waals surface area contributed by atoms with Crippen molar-refractivity contribution in [3.05, 3.63) is 114 Å². The molecule has 3 heteroatoms. The molecule has 0 saturated heterocycles. The minimum absolute atomic E-state index is 0. The number of carbonyl (C=O) groups is 2. The first-order chi connectivity index (χ1) is 15.9. The molecule has 0 aliphatic carbocycles. The molecule has 1 aliphatic rings. The van der Waals surface area contributed by atoms with Crippen molar-refractivity contribution in [3.8, 4) is 0 Å². The lowest BCUT2D eigenvalue weighted by atomic mass is 10.2. The van der Waals surface area contributed by atoms with Crippen molar-refractivity contribution in [3.63, 3.8) is 0 Å². The quantitative estimate of drug-likeness (QED) is 0.340. The molecule has 0 bridgehead atoms. The van der Waals surface area contributed by atoms with Gasteiger partial charge in [0.1, 0.15) is 0 Å². The average Bonchev–Trinajstić information content (AvgIpc) is 3.15. The maximum atomic E-state index is 11.2. The molecule has 3 aromatic carbocycles. The highest BCUT2D eigenvalue weighted by atomic mass is 16.2. The summed E-state index contributed by atoms with van der Waals surface area (Å²) in [7, 11) is 0. The number of nitrogens with zero attached hydrogens (tertiary/aromatic N) is 1. The van der Waals surface area contributed by atoms with Crippen LogP contribution in [0.4, 0.5) is 5.69 Å². The summed E-state index contributed by atoms with van der Waals surface area (Å²) in [5, 5.41) is 0. The highest BCUT2D eigenvalue weighted by molar-refractivity contribution is 6.28. The summed E-state index contributed by atoms with van der Waals surface area (Å²) in [5.74, 6) is -0.563. The fourth-order valence-electron chi connectivity index (χ4n) is 2.30. The predicted octanol–water partition coefficient (Wildman–Crippen LogP) is 8.57. The molecule has 2 amide bonds. The zero-order valence-corrected chi connectivity index (χ0v) is 21.0. The van der Waals surface area contributed by atoms with Crippen LogP contribution in [0.2, 0.25) is 0 Å². The molecule has 0 fully saturated rings. The van der Waals surface area contributed by atoms with Gasteiger partial charge in [-0.2, -0.15) is 0 Å². The molecule has 0 spiro atoms. The first-order valence-electron chi connectivity index (χ1n) is 11.6. The van der Waals surface area contributed by atoms with Crippen LogP contribution >= 0.6 is 0 Å². The summed E-state index contributed by atoms with van der Waals surface area (Å²) >= 11 is 0. The molecular formula is C31H43NO2. The molecule has 184 valence electrons. The van der Waals surface area contributed by atoms with E-state index in [4.69, 9.17) is 0 Å². The first kappa shape index (κ1) is 32.7. The molecule has 0 radical (unpaired) electrons. The first-order valence-corrected chi connectivity index (χ1v) is 11.6. The van der Waals surface area contributed by atoms with Crippen LogP contribution in [-0.2, 0) is 9.59 Å². The smallest absolute Gasteiger partial charge is 0.258 e. The normalized spacial score (nSPS) is 10.6. The predicted molar refractivity (Wildman–Crippen MR) is 149 cm³/mol. The van der Waals surface area contributed by atoms with Crippen LogP contribution in [0.5, 0.6) is 0 Å². The van der Waals surface area contributed by atoms with E-state index in [1.165, 1.54) is 36.1 Å². The Morgan fingerprint density at radius 3 is 1.03 bits per heavy atom. The minimum Gasteiger partial charge on any atom is -0.269 e. The van der Waals surface area contributed by atoms with Gasteiger partial charge < -0.3 is 0 Å². The number of amides is 2. The van der Waals surface area contributed by atoms with Crippen molar-refractivity contribution in [1.82, 2.24) is 0 Å². The van der Waals surface area contributed by atoms with Crippen molar-refractivity contribution in [2.75, 3.05) is 4.90 Å². The lowest BCUT2D eigenvalue weighted by Gasteiger charge is -2.12. The van der Waals surface area contributed by atoms with Crippen molar-refractivity contribution < 1.29 is 9.59 Å². The number of hydrogen-bond acceptors (Lipinski definition) is 2. The van der Waals surface area contributed by atoms with E-state index in [9.17, 15) is 9.59 Å². The largest absolute Gasteiger partial charge is 0.269 e. The molecule has 4 rings (SSSR count). The molecule has 1 heterocycles. The number of aryl methyl sites for hydroxylation is 2. The van der Waals surface area contributed by atoms with Crippen LogP contribution < -0.4 is 4.90 Å². The molecule has 0 saturated carbocycles. The molecule has 1 aliphatic heterocycles. The van der Waals surface area contributed by atoms with Gasteiger partial charge in [0.05, 0.1) is 5.69 Å². The standard InChI is InChI=1S/C10H7NO2.2C7H8.2C3H8.CH4/c12-9-6-7-10(13)11(9)8-4-2-1-3-5-8;2*1-7-5-3-2-4-6-7;2*1-3-2;/h1-7H;2*2-6H,1H3;2*3H2,1-2H3;1H4. The second-order valence-corrected chi connectivity index (χ2v) is 7.40. The van der Waals surface area contributed by atoms with E-state index in [-0.39, 0.29) is 19.2 Å². The second-order valence-electron chi connectivity index (χ2n) is 7.40. The number of imide groups is 1.